The summed E-state index contributed by atoms with van der Waals surface area (Å²) in [5, 5.41) is 9.17. The summed E-state index contributed by atoms with van der Waals surface area (Å²) in [5.74, 6) is -1.95. The van der Waals surface area contributed by atoms with E-state index in [0.29, 0.717) is 38.8 Å². The van der Waals surface area contributed by atoms with E-state index in [-0.39, 0.29) is 37.2 Å². The predicted octanol–water partition coefficient (Wildman–Crippen LogP) is 2.43. The van der Waals surface area contributed by atoms with Crippen LogP contribution in [0.4, 0.5) is 0 Å². The van der Waals surface area contributed by atoms with Crippen molar-refractivity contribution in [1.29, 1.82) is 0 Å². The van der Waals surface area contributed by atoms with Gasteiger partial charge >= 0.3 is 5.97 Å². The molecule has 4 aliphatic rings. The monoisotopic (exact) mass is 476 g/mol. The van der Waals surface area contributed by atoms with Gasteiger partial charge in [-0.25, -0.2) is 0 Å². The van der Waals surface area contributed by atoms with Crippen LogP contribution in [0, 0.1) is 11.8 Å². The fourth-order valence-electron chi connectivity index (χ4n) is 6.86. The largest absolute Gasteiger partial charge is 0.466 e. The number of nitrogens with zero attached hydrogens (tertiary/aromatic N) is 2. The van der Waals surface area contributed by atoms with Gasteiger partial charge in [0.05, 0.1) is 24.5 Å². The zero-order valence-electron chi connectivity index (χ0n) is 20.5. The quantitative estimate of drug-likeness (QED) is 0.280. The first-order valence-electron chi connectivity index (χ1n) is 13.2. The highest BCUT2D eigenvalue weighted by Gasteiger charge is 2.75. The second kappa shape index (κ2) is 10.8. The molecule has 190 valence electrons. The van der Waals surface area contributed by atoms with Crippen molar-refractivity contribution in [2.45, 2.75) is 94.9 Å². The van der Waals surface area contributed by atoms with Crippen LogP contribution in [0.3, 0.4) is 0 Å². The average Bonchev–Trinajstić information content (AvgIpc) is 3.48. The Morgan fingerprint density at radius 1 is 1.24 bits per heavy atom. The number of rotatable bonds is 11. The van der Waals surface area contributed by atoms with E-state index < -0.39 is 29.4 Å². The maximum atomic E-state index is 14.3. The van der Waals surface area contributed by atoms with Crippen LogP contribution in [0.15, 0.2) is 12.7 Å². The summed E-state index contributed by atoms with van der Waals surface area (Å²) in [6.45, 7) is 6.86. The van der Waals surface area contributed by atoms with E-state index in [1.165, 1.54) is 6.42 Å². The number of carbonyl (C=O) groups excluding carboxylic acids is 3. The van der Waals surface area contributed by atoms with Crippen LogP contribution in [0.25, 0.3) is 0 Å². The second-order valence-corrected chi connectivity index (χ2v) is 10.2. The van der Waals surface area contributed by atoms with E-state index >= 15 is 0 Å². The molecule has 1 aliphatic carbocycles. The summed E-state index contributed by atoms with van der Waals surface area (Å²) in [7, 11) is 0. The van der Waals surface area contributed by atoms with Crippen molar-refractivity contribution in [1.82, 2.24) is 9.80 Å². The number of fused-ring (bicyclic) bond motifs is 1. The van der Waals surface area contributed by atoms with Crippen LogP contribution in [0.2, 0.25) is 0 Å². The van der Waals surface area contributed by atoms with Crippen molar-refractivity contribution in [3.8, 4) is 0 Å². The van der Waals surface area contributed by atoms with Crippen molar-refractivity contribution in [2.24, 2.45) is 11.8 Å². The highest BCUT2D eigenvalue weighted by molar-refractivity contribution is 5.98. The van der Waals surface area contributed by atoms with Gasteiger partial charge in [0.25, 0.3) is 0 Å². The number of aliphatic hydroxyl groups is 1. The number of esters is 1. The van der Waals surface area contributed by atoms with E-state index in [9.17, 15) is 14.4 Å². The molecular weight excluding hydrogens is 436 g/mol. The molecule has 0 radical (unpaired) electrons. The fourth-order valence-corrected chi connectivity index (χ4v) is 6.86. The Labute approximate surface area is 202 Å². The second-order valence-electron chi connectivity index (χ2n) is 10.2. The first-order valence-corrected chi connectivity index (χ1v) is 13.2. The van der Waals surface area contributed by atoms with Crippen molar-refractivity contribution in [3.05, 3.63) is 12.7 Å². The summed E-state index contributed by atoms with van der Waals surface area (Å²) < 4.78 is 11.8. The Hall–Kier alpha value is -1.93. The van der Waals surface area contributed by atoms with Crippen LogP contribution in [-0.2, 0) is 23.9 Å². The van der Waals surface area contributed by atoms with Gasteiger partial charge in [0.1, 0.15) is 11.6 Å². The third kappa shape index (κ3) is 4.28. The summed E-state index contributed by atoms with van der Waals surface area (Å²) in [5.41, 5.74) is -0.971. The molecular formula is C26H40N2O6. The molecule has 2 amide bonds. The molecule has 5 atom stereocenters. The predicted molar refractivity (Wildman–Crippen MR) is 126 cm³/mol. The zero-order chi connectivity index (χ0) is 24.3. The third-order valence-electron chi connectivity index (χ3n) is 8.27. The molecule has 3 heterocycles. The van der Waals surface area contributed by atoms with Gasteiger partial charge in [-0.1, -0.05) is 25.3 Å². The van der Waals surface area contributed by atoms with Gasteiger partial charge in [-0.15, -0.1) is 6.58 Å². The number of amides is 2. The number of hydrogen-bond donors (Lipinski definition) is 1. The number of hydrogen-bond acceptors (Lipinski definition) is 6. The zero-order valence-corrected chi connectivity index (χ0v) is 20.5. The lowest BCUT2D eigenvalue weighted by atomic mass is 9.70. The van der Waals surface area contributed by atoms with Crippen molar-refractivity contribution >= 4 is 17.8 Å². The fraction of sp³-hybridized carbons (Fsp3) is 0.808. The highest BCUT2D eigenvalue weighted by Crippen LogP contribution is 2.59. The van der Waals surface area contributed by atoms with Crippen molar-refractivity contribution in [2.75, 3.05) is 26.3 Å². The minimum absolute atomic E-state index is 0.0741. The summed E-state index contributed by atoms with van der Waals surface area (Å²) in [4.78, 5) is 44.6. The summed E-state index contributed by atoms with van der Waals surface area (Å²) in [6, 6.07) is -0.592. The highest BCUT2D eigenvalue weighted by atomic mass is 16.6. The van der Waals surface area contributed by atoms with E-state index in [0.717, 1.165) is 32.1 Å². The lowest BCUT2D eigenvalue weighted by molar-refractivity contribution is -0.155. The maximum Gasteiger partial charge on any atom is 0.312 e. The van der Waals surface area contributed by atoms with Crippen LogP contribution in [-0.4, -0.2) is 82.8 Å². The Kier molecular flexibility index (Phi) is 7.97. The molecule has 3 saturated heterocycles. The van der Waals surface area contributed by atoms with Crippen molar-refractivity contribution < 1.29 is 29.0 Å². The molecule has 8 heteroatoms. The molecule has 3 aliphatic heterocycles. The Morgan fingerprint density at radius 2 is 2.00 bits per heavy atom. The molecule has 0 aromatic heterocycles. The van der Waals surface area contributed by atoms with E-state index in [2.05, 4.69) is 6.58 Å². The smallest absolute Gasteiger partial charge is 0.312 e. The average molecular weight is 477 g/mol. The van der Waals surface area contributed by atoms with Crippen LogP contribution < -0.4 is 0 Å². The minimum Gasteiger partial charge on any atom is -0.466 e. The van der Waals surface area contributed by atoms with Gasteiger partial charge in [0.2, 0.25) is 11.8 Å². The number of likely N-dealkylation sites (tertiary alicyclic amines) is 1. The normalized spacial score (nSPS) is 32.6. The number of carbonyl (C=O) groups is 3. The number of unbranched alkanes of at least 4 members (excludes halogenated alkanes) is 2. The topological polar surface area (TPSA) is 96.4 Å². The first kappa shape index (κ1) is 25.2. The Bertz CT molecular complexity index is 781. The Morgan fingerprint density at radius 3 is 2.68 bits per heavy atom. The molecule has 8 nitrogen and oxygen atoms in total. The minimum atomic E-state index is -0.971. The van der Waals surface area contributed by atoms with Crippen LogP contribution in [0.5, 0.6) is 0 Å². The number of aliphatic hydroxyl groups excluding tert-OH is 1. The molecule has 0 aromatic carbocycles. The Balaban J connectivity index is 1.66. The standard InChI is InChI=1S/C26H40N2O6/c1-3-15-27(18-11-7-5-8-12-18)24(31)22-26-14-13-19(34-26)20(25(32)33-4-2)21(26)23(30)28(22)16-9-6-10-17-29/h3,18-22,29H,1,4-17H2,2H3/t19-,20+,21+,22-,26+/m0/s1. The van der Waals surface area contributed by atoms with Crippen molar-refractivity contribution in [3.63, 3.8) is 0 Å². The van der Waals surface area contributed by atoms with Crippen LogP contribution in [0.1, 0.15) is 71.1 Å². The summed E-state index contributed by atoms with van der Waals surface area (Å²) in [6.07, 6.45) is 10.0. The van der Waals surface area contributed by atoms with Crippen LogP contribution >= 0.6 is 0 Å². The molecule has 4 fully saturated rings. The SMILES string of the molecule is C=CCN(C(=O)[C@@H]1N(CCCCCO)C(=O)[C@H]2[C@H](C(=O)OCC)[C@@H]3CC[C@]12O3)C1CCCCC1. The first-order chi connectivity index (χ1) is 16.5. The lowest BCUT2D eigenvalue weighted by Gasteiger charge is -2.40. The van der Waals surface area contributed by atoms with Gasteiger partial charge in [0.15, 0.2) is 0 Å². The molecule has 2 bridgehead atoms. The van der Waals surface area contributed by atoms with Gasteiger partial charge in [-0.2, -0.15) is 0 Å². The maximum absolute atomic E-state index is 14.3. The molecule has 34 heavy (non-hydrogen) atoms. The van der Waals surface area contributed by atoms with Gasteiger partial charge in [0, 0.05) is 25.7 Å². The van der Waals surface area contributed by atoms with E-state index in [1.54, 1.807) is 17.9 Å². The summed E-state index contributed by atoms with van der Waals surface area (Å²) >= 11 is 0. The molecule has 0 aromatic rings. The molecule has 0 unspecified atom stereocenters. The molecule has 4 rings (SSSR count). The number of ether oxygens (including phenoxy) is 2. The molecule has 1 N–H and O–H groups in total. The molecule has 1 spiro atoms. The van der Waals surface area contributed by atoms with Gasteiger partial charge in [-0.05, 0) is 51.9 Å². The lowest BCUT2D eigenvalue weighted by Crippen LogP contribution is -2.58. The van der Waals surface area contributed by atoms with E-state index in [1.807, 2.05) is 4.90 Å². The van der Waals surface area contributed by atoms with E-state index in [4.69, 9.17) is 14.6 Å². The van der Waals surface area contributed by atoms with Gasteiger partial charge < -0.3 is 24.4 Å². The molecule has 1 saturated carbocycles. The van der Waals surface area contributed by atoms with Gasteiger partial charge in [-0.3, -0.25) is 14.4 Å². The third-order valence-corrected chi connectivity index (χ3v) is 8.27.